The molecule has 0 radical (unpaired) electrons. The smallest absolute Gasteiger partial charge is 0.254 e. The highest BCUT2D eigenvalue weighted by atomic mass is 16.5. The van der Waals surface area contributed by atoms with Crippen LogP contribution in [-0.4, -0.2) is 43.6 Å². The minimum absolute atomic E-state index is 0.0885. The van der Waals surface area contributed by atoms with Crippen LogP contribution in [-0.2, 0) is 0 Å². The van der Waals surface area contributed by atoms with Crippen molar-refractivity contribution in [2.75, 3.05) is 37.7 Å². The Morgan fingerprint density at radius 3 is 2.44 bits per heavy atom. The number of carbonyl (C=O) groups excluding carboxylic acids is 1. The van der Waals surface area contributed by atoms with E-state index < -0.39 is 0 Å². The Morgan fingerprint density at radius 2 is 1.74 bits per heavy atom. The molecule has 1 aliphatic rings. The summed E-state index contributed by atoms with van der Waals surface area (Å²) in [5.41, 5.74) is 4.62. The molecule has 2 aromatic rings. The normalized spacial score (nSPS) is 14.6. The number of carbonyl (C=O) groups is 1. The van der Waals surface area contributed by atoms with Gasteiger partial charge in [0.05, 0.1) is 6.61 Å². The molecule has 1 heterocycles. The summed E-state index contributed by atoms with van der Waals surface area (Å²) in [6.07, 6.45) is 0. The largest absolute Gasteiger partial charge is 0.493 e. The van der Waals surface area contributed by atoms with E-state index in [2.05, 4.69) is 50.8 Å². The second-order valence-corrected chi connectivity index (χ2v) is 7.73. The molecule has 0 aromatic heterocycles. The predicted molar refractivity (Wildman–Crippen MR) is 111 cm³/mol. The minimum atomic E-state index is 0.0885. The fourth-order valence-corrected chi connectivity index (χ4v) is 3.39. The van der Waals surface area contributed by atoms with E-state index in [9.17, 15) is 4.79 Å². The molecule has 1 aliphatic heterocycles. The maximum absolute atomic E-state index is 12.9. The Hall–Kier alpha value is -2.49. The Balaban J connectivity index is 1.63. The molecule has 1 saturated heterocycles. The highest BCUT2D eigenvalue weighted by Gasteiger charge is 2.23. The molecule has 1 amide bonds. The molecule has 0 saturated carbocycles. The van der Waals surface area contributed by atoms with Gasteiger partial charge in [-0.2, -0.15) is 0 Å². The molecule has 0 aliphatic carbocycles. The van der Waals surface area contributed by atoms with Crippen LogP contribution in [0.3, 0.4) is 0 Å². The summed E-state index contributed by atoms with van der Waals surface area (Å²) in [6.45, 7) is 12.4. The molecule has 0 N–H and O–H groups in total. The van der Waals surface area contributed by atoms with Crippen molar-refractivity contribution in [2.45, 2.75) is 27.7 Å². The van der Waals surface area contributed by atoms with Crippen LogP contribution in [0.15, 0.2) is 42.5 Å². The van der Waals surface area contributed by atoms with Gasteiger partial charge in [-0.15, -0.1) is 0 Å². The number of hydrogen-bond donors (Lipinski definition) is 0. The molecule has 0 spiro atoms. The number of aryl methyl sites for hydroxylation is 1. The summed E-state index contributed by atoms with van der Waals surface area (Å²) in [5.74, 6) is 1.32. The zero-order valence-electron chi connectivity index (χ0n) is 16.9. The molecule has 3 rings (SSSR count). The second-order valence-electron chi connectivity index (χ2n) is 7.73. The average molecular weight is 367 g/mol. The fraction of sp³-hybridized carbons (Fsp3) is 0.435. The molecule has 144 valence electrons. The van der Waals surface area contributed by atoms with Gasteiger partial charge in [0.1, 0.15) is 5.75 Å². The van der Waals surface area contributed by atoms with Crippen LogP contribution >= 0.6 is 0 Å². The molecule has 4 heteroatoms. The van der Waals surface area contributed by atoms with Crippen molar-refractivity contribution in [2.24, 2.45) is 5.92 Å². The maximum atomic E-state index is 12.9. The summed E-state index contributed by atoms with van der Waals surface area (Å²) in [7, 11) is 0. The standard InChI is InChI=1S/C23H30N2O2/c1-17(2)16-27-21-9-6-8-20(15-21)23(26)25-13-11-24(12-14-25)22-10-5-7-18(3)19(22)4/h5-10,15,17H,11-14,16H2,1-4H3. The van der Waals surface area contributed by atoms with Crippen LogP contribution in [0, 0.1) is 19.8 Å². The third-order valence-corrected chi connectivity index (χ3v) is 5.15. The molecule has 0 bridgehead atoms. The van der Waals surface area contributed by atoms with E-state index in [0.717, 1.165) is 31.9 Å². The predicted octanol–water partition coefficient (Wildman–Crippen LogP) is 4.30. The summed E-state index contributed by atoms with van der Waals surface area (Å²) >= 11 is 0. The molecular weight excluding hydrogens is 336 g/mol. The van der Waals surface area contributed by atoms with Crippen LogP contribution in [0.1, 0.15) is 35.3 Å². The van der Waals surface area contributed by atoms with Crippen molar-refractivity contribution in [1.29, 1.82) is 0 Å². The lowest BCUT2D eigenvalue weighted by Gasteiger charge is -2.37. The zero-order chi connectivity index (χ0) is 19.4. The maximum Gasteiger partial charge on any atom is 0.254 e. The molecule has 4 nitrogen and oxygen atoms in total. The highest BCUT2D eigenvalue weighted by Crippen LogP contribution is 2.24. The SMILES string of the molecule is Cc1cccc(N2CCN(C(=O)c3cccc(OCC(C)C)c3)CC2)c1C. The first-order chi connectivity index (χ1) is 13.0. The lowest BCUT2D eigenvalue weighted by molar-refractivity contribution is 0.0746. The van der Waals surface area contributed by atoms with Crippen molar-refractivity contribution in [3.05, 3.63) is 59.2 Å². The van der Waals surface area contributed by atoms with Crippen molar-refractivity contribution in [1.82, 2.24) is 4.90 Å². The summed E-state index contributed by atoms with van der Waals surface area (Å²) < 4.78 is 5.77. The summed E-state index contributed by atoms with van der Waals surface area (Å²) in [5, 5.41) is 0. The third-order valence-electron chi connectivity index (χ3n) is 5.15. The van der Waals surface area contributed by atoms with E-state index in [1.807, 2.05) is 29.2 Å². The van der Waals surface area contributed by atoms with Gasteiger partial charge in [0, 0.05) is 37.4 Å². The van der Waals surface area contributed by atoms with Crippen LogP contribution in [0.2, 0.25) is 0 Å². The Labute approximate surface area is 162 Å². The lowest BCUT2D eigenvalue weighted by Crippen LogP contribution is -2.49. The first-order valence-electron chi connectivity index (χ1n) is 9.79. The number of piperazine rings is 1. The first kappa shape index (κ1) is 19.3. The number of benzene rings is 2. The van der Waals surface area contributed by atoms with E-state index in [4.69, 9.17) is 4.74 Å². The fourth-order valence-electron chi connectivity index (χ4n) is 3.39. The van der Waals surface area contributed by atoms with Gasteiger partial charge in [-0.1, -0.05) is 32.0 Å². The van der Waals surface area contributed by atoms with Crippen molar-refractivity contribution in [3.8, 4) is 5.75 Å². The van der Waals surface area contributed by atoms with Gasteiger partial charge >= 0.3 is 0 Å². The van der Waals surface area contributed by atoms with E-state index >= 15 is 0 Å². The van der Waals surface area contributed by atoms with E-state index in [0.29, 0.717) is 18.1 Å². The number of anilines is 1. The third kappa shape index (κ3) is 4.62. The minimum Gasteiger partial charge on any atom is -0.493 e. The van der Waals surface area contributed by atoms with Gasteiger partial charge in [0.25, 0.3) is 5.91 Å². The second kappa shape index (κ2) is 8.47. The Morgan fingerprint density at radius 1 is 1.04 bits per heavy atom. The van der Waals surface area contributed by atoms with E-state index in [1.165, 1.54) is 16.8 Å². The van der Waals surface area contributed by atoms with Crippen LogP contribution in [0.4, 0.5) is 5.69 Å². The van der Waals surface area contributed by atoms with Crippen LogP contribution in [0.5, 0.6) is 5.75 Å². The molecule has 0 unspecified atom stereocenters. The molecule has 1 fully saturated rings. The van der Waals surface area contributed by atoms with E-state index in [-0.39, 0.29) is 5.91 Å². The quantitative estimate of drug-likeness (QED) is 0.791. The van der Waals surface area contributed by atoms with Gasteiger partial charge in [-0.05, 0) is 55.2 Å². The van der Waals surface area contributed by atoms with Gasteiger partial charge in [0.15, 0.2) is 0 Å². The van der Waals surface area contributed by atoms with Gasteiger partial charge < -0.3 is 14.5 Å². The first-order valence-corrected chi connectivity index (χ1v) is 9.79. The topological polar surface area (TPSA) is 32.8 Å². The van der Waals surface area contributed by atoms with Gasteiger partial charge in [0.2, 0.25) is 0 Å². The molecule has 27 heavy (non-hydrogen) atoms. The number of ether oxygens (including phenoxy) is 1. The molecule has 0 atom stereocenters. The van der Waals surface area contributed by atoms with Gasteiger partial charge in [-0.3, -0.25) is 4.79 Å². The van der Waals surface area contributed by atoms with Crippen LogP contribution < -0.4 is 9.64 Å². The van der Waals surface area contributed by atoms with Gasteiger partial charge in [-0.25, -0.2) is 0 Å². The highest BCUT2D eigenvalue weighted by molar-refractivity contribution is 5.94. The van der Waals surface area contributed by atoms with E-state index in [1.54, 1.807) is 0 Å². The number of hydrogen-bond acceptors (Lipinski definition) is 3. The number of amides is 1. The zero-order valence-corrected chi connectivity index (χ0v) is 16.9. The molecule has 2 aromatic carbocycles. The Bertz CT molecular complexity index is 793. The lowest BCUT2D eigenvalue weighted by atomic mass is 10.1. The van der Waals surface area contributed by atoms with Crippen molar-refractivity contribution in [3.63, 3.8) is 0 Å². The Kier molecular flexibility index (Phi) is 6.04. The monoisotopic (exact) mass is 366 g/mol. The van der Waals surface area contributed by atoms with Crippen molar-refractivity contribution >= 4 is 11.6 Å². The van der Waals surface area contributed by atoms with Crippen molar-refractivity contribution < 1.29 is 9.53 Å². The van der Waals surface area contributed by atoms with Crippen LogP contribution in [0.25, 0.3) is 0 Å². The molecular formula is C23H30N2O2. The number of nitrogens with zero attached hydrogens (tertiary/aromatic N) is 2. The average Bonchev–Trinajstić information content (AvgIpc) is 2.68. The summed E-state index contributed by atoms with van der Waals surface area (Å²) in [6, 6.07) is 14.0. The number of rotatable bonds is 5. The summed E-state index contributed by atoms with van der Waals surface area (Å²) in [4.78, 5) is 17.2.